The van der Waals surface area contributed by atoms with Crippen molar-refractivity contribution in [3.8, 4) is 0 Å². The Labute approximate surface area is 142 Å². The number of nitrogens with zero attached hydrogens (tertiary/aromatic N) is 1. The van der Waals surface area contributed by atoms with Gasteiger partial charge in [0.25, 0.3) is 10.2 Å². The van der Waals surface area contributed by atoms with Crippen LogP contribution in [-0.2, 0) is 10.2 Å². The van der Waals surface area contributed by atoms with Crippen molar-refractivity contribution in [2.24, 2.45) is 11.8 Å². The highest BCUT2D eigenvalue weighted by Gasteiger charge is 2.36. The molecule has 2 atom stereocenters. The maximum Gasteiger partial charge on any atom is 0.279 e. The molecule has 0 aromatic heterocycles. The first-order chi connectivity index (χ1) is 10.8. The van der Waals surface area contributed by atoms with Gasteiger partial charge in [0.15, 0.2) is 0 Å². The number of hydrogen-bond donors (Lipinski definition) is 2. The fourth-order valence-corrected chi connectivity index (χ4v) is 5.05. The van der Waals surface area contributed by atoms with Crippen LogP contribution < -0.4 is 10.0 Å². The Bertz CT molecular complexity index is 440. The molecular formula is C17H35N3O2S. The Balaban J connectivity index is 1.96. The van der Waals surface area contributed by atoms with E-state index >= 15 is 0 Å². The van der Waals surface area contributed by atoms with E-state index in [9.17, 15) is 8.42 Å². The van der Waals surface area contributed by atoms with Crippen molar-refractivity contribution in [3.63, 3.8) is 0 Å². The molecule has 2 N–H and O–H groups in total. The second-order valence-electron chi connectivity index (χ2n) is 8.19. The summed E-state index contributed by atoms with van der Waals surface area (Å²) in [6.07, 6.45) is 6.06. The number of nitrogens with one attached hydrogen (secondary N) is 2. The second kappa shape index (κ2) is 8.28. The highest BCUT2D eigenvalue weighted by molar-refractivity contribution is 7.87. The van der Waals surface area contributed by atoms with Crippen molar-refractivity contribution in [2.45, 2.75) is 84.3 Å². The minimum atomic E-state index is -3.38. The van der Waals surface area contributed by atoms with Gasteiger partial charge in [0, 0.05) is 31.2 Å². The highest BCUT2D eigenvalue weighted by Crippen LogP contribution is 2.27. The van der Waals surface area contributed by atoms with Gasteiger partial charge < -0.3 is 5.32 Å². The molecule has 2 heterocycles. The van der Waals surface area contributed by atoms with Crippen molar-refractivity contribution in [1.29, 1.82) is 0 Å². The lowest BCUT2D eigenvalue weighted by Crippen LogP contribution is -2.52. The van der Waals surface area contributed by atoms with E-state index in [1.807, 2.05) is 0 Å². The second-order valence-corrected chi connectivity index (χ2v) is 9.90. The van der Waals surface area contributed by atoms with Crippen LogP contribution in [0.5, 0.6) is 0 Å². The Morgan fingerprint density at radius 2 is 1.48 bits per heavy atom. The van der Waals surface area contributed by atoms with E-state index in [1.165, 1.54) is 12.8 Å². The summed E-state index contributed by atoms with van der Waals surface area (Å²) in [4.78, 5) is 0. The molecule has 0 aromatic rings. The van der Waals surface area contributed by atoms with Gasteiger partial charge in [-0.3, -0.25) is 0 Å². The SMILES string of the molecule is CC(C)CCN(CCC(C)C)S(=O)(=O)NC1CC2CCC(C1)N2. The van der Waals surface area contributed by atoms with Crippen molar-refractivity contribution < 1.29 is 8.42 Å². The first kappa shape index (κ1) is 19.2. The van der Waals surface area contributed by atoms with Gasteiger partial charge in [0.05, 0.1) is 0 Å². The fourth-order valence-electron chi connectivity index (χ4n) is 3.60. The fraction of sp³-hybridized carbons (Fsp3) is 1.00. The quantitative estimate of drug-likeness (QED) is 0.675. The molecule has 0 aliphatic carbocycles. The van der Waals surface area contributed by atoms with Crippen molar-refractivity contribution in [3.05, 3.63) is 0 Å². The summed E-state index contributed by atoms with van der Waals surface area (Å²) < 4.78 is 30.4. The summed E-state index contributed by atoms with van der Waals surface area (Å²) in [6, 6.07) is 1.10. The Morgan fingerprint density at radius 3 is 1.91 bits per heavy atom. The van der Waals surface area contributed by atoms with E-state index < -0.39 is 10.2 Å². The summed E-state index contributed by atoms with van der Waals surface area (Å²) in [5.74, 6) is 1.03. The zero-order valence-electron chi connectivity index (χ0n) is 15.2. The van der Waals surface area contributed by atoms with Gasteiger partial charge in [0.1, 0.15) is 0 Å². The standard InChI is InChI=1S/C17H35N3O2S/c1-13(2)7-9-20(10-8-14(3)4)23(21,22)19-17-11-15-5-6-16(12-17)18-15/h13-19H,5-12H2,1-4H3. The largest absolute Gasteiger partial charge is 0.311 e. The molecule has 0 amide bonds. The smallest absolute Gasteiger partial charge is 0.279 e. The van der Waals surface area contributed by atoms with Gasteiger partial charge in [-0.05, 0) is 50.4 Å². The minimum absolute atomic E-state index is 0.0966. The van der Waals surface area contributed by atoms with Crippen LogP contribution in [0.3, 0.4) is 0 Å². The third kappa shape index (κ3) is 6.00. The molecule has 0 spiro atoms. The number of fused-ring (bicyclic) bond motifs is 2. The van der Waals surface area contributed by atoms with Crippen LogP contribution in [0.1, 0.15) is 66.2 Å². The molecule has 0 saturated carbocycles. The van der Waals surface area contributed by atoms with Crippen LogP contribution in [0.4, 0.5) is 0 Å². The lowest BCUT2D eigenvalue weighted by molar-refractivity contribution is 0.321. The molecule has 2 fully saturated rings. The predicted octanol–water partition coefficient (Wildman–Crippen LogP) is 2.50. The summed E-state index contributed by atoms with van der Waals surface area (Å²) >= 11 is 0. The number of rotatable bonds is 9. The average Bonchev–Trinajstić information content (AvgIpc) is 2.76. The third-order valence-electron chi connectivity index (χ3n) is 5.04. The summed E-state index contributed by atoms with van der Waals surface area (Å²) in [5.41, 5.74) is 0. The monoisotopic (exact) mass is 345 g/mol. The molecule has 2 bridgehead atoms. The minimum Gasteiger partial charge on any atom is -0.311 e. The molecule has 5 nitrogen and oxygen atoms in total. The van der Waals surface area contributed by atoms with E-state index in [0.717, 1.165) is 25.7 Å². The van der Waals surface area contributed by atoms with E-state index in [4.69, 9.17) is 0 Å². The van der Waals surface area contributed by atoms with Crippen LogP contribution in [0.25, 0.3) is 0 Å². The third-order valence-corrected chi connectivity index (χ3v) is 6.72. The molecule has 0 radical (unpaired) electrons. The van der Waals surface area contributed by atoms with Crippen LogP contribution in [0, 0.1) is 11.8 Å². The first-order valence-corrected chi connectivity index (χ1v) is 10.7. The van der Waals surface area contributed by atoms with Gasteiger partial charge in [-0.2, -0.15) is 17.4 Å². The molecule has 136 valence electrons. The van der Waals surface area contributed by atoms with Crippen molar-refractivity contribution >= 4 is 10.2 Å². The maximum absolute atomic E-state index is 12.9. The highest BCUT2D eigenvalue weighted by atomic mass is 32.2. The van der Waals surface area contributed by atoms with E-state index in [0.29, 0.717) is 37.0 Å². The Hall–Kier alpha value is -0.170. The van der Waals surface area contributed by atoms with Gasteiger partial charge >= 0.3 is 0 Å². The maximum atomic E-state index is 12.9. The zero-order valence-corrected chi connectivity index (χ0v) is 16.0. The van der Waals surface area contributed by atoms with Gasteiger partial charge in [-0.1, -0.05) is 27.7 Å². The van der Waals surface area contributed by atoms with Gasteiger partial charge in [0.2, 0.25) is 0 Å². The van der Waals surface area contributed by atoms with Gasteiger partial charge in [-0.15, -0.1) is 0 Å². The van der Waals surface area contributed by atoms with Crippen LogP contribution in [0.2, 0.25) is 0 Å². The predicted molar refractivity (Wildman–Crippen MR) is 95.5 cm³/mol. The number of piperidine rings is 1. The van der Waals surface area contributed by atoms with Crippen LogP contribution in [-0.4, -0.2) is 43.9 Å². The van der Waals surface area contributed by atoms with E-state index in [2.05, 4.69) is 37.7 Å². The molecule has 0 aromatic carbocycles. The molecule has 23 heavy (non-hydrogen) atoms. The van der Waals surface area contributed by atoms with Crippen LogP contribution >= 0.6 is 0 Å². The molecule has 6 heteroatoms. The lowest BCUT2D eigenvalue weighted by atomic mass is 10.0. The number of hydrogen-bond acceptors (Lipinski definition) is 3. The summed E-state index contributed by atoms with van der Waals surface area (Å²) in [7, 11) is -3.38. The molecule has 2 aliphatic rings. The molecule has 2 saturated heterocycles. The van der Waals surface area contributed by atoms with E-state index in [-0.39, 0.29) is 6.04 Å². The topological polar surface area (TPSA) is 61.4 Å². The zero-order chi connectivity index (χ0) is 17.0. The Kier molecular flexibility index (Phi) is 6.89. The normalized spacial score (nSPS) is 28.2. The lowest BCUT2D eigenvalue weighted by Gasteiger charge is -2.32. The molecule has 2 rings (SSSR count). The average molecular weight is 346 g/mol. The molecule has 2 aliphatic heterocycles. The first-order valence-electron chi connectivity index (χ1n) is 9.29. The Morgan fingerprint density at radius 1 is 1.00 bits per heavy atom. The van der Waals surface area contributed by atoms with E-state index in [1.54, 1.807) is 4.31 Å². The molecular weight excluding hydrogens is 310 g/mol. The molecule has 2 unspecified atom stereocenters. The van der Waals surface area contributed by atoms with Crippen molar-refractivity contribution in [2.75, 3.05) is 13.1 Å². The summed E-state index contributed by atoms with van der Waals surface area (Å²) in [6.45, 7) is 9.82. The summed E-state index contributed by atoms with van der Waals surface area (Å²) in [5, 5.41) is 3.57. The van der Waals surface area contributed by atoms with Crippen LogP contribution in [0.15, 0.2) is 0 Å². The van der Waals surface area contributed by atoms with Gasteiger partial charge in [-0.25, -0.2) is 0 Å². The van der Waals surface area contributed by atoms with Crippen molar-refractivity contribution in [1.82, 2.24) is 14.3 Å².